The van der Waals surface area contributed by atoms with Crippen LogP contribution >= 0.6 is 27.7 Å². The molecule has 17 heavy (non-hydrogen) atoms. The molecule has 0 N–H and O–H groups in total. The molecule has 1 unspecified atom stereocenters. The van der Waals surface area contributed by atoms with Gasteiger partial charge >= 0.3 is 0 Å². The third kappa shape index (κ3) is 2.52. The van der Waals surface area contributed by atoms with Gasteiger partial charge in [0.15, 0.2) is 0 Å². The summed E-state index contributed by atoms with van der Waals surface area (Å²) in [6, 6.07) is 4.19. The third-order valence-electron chi connectivity index (χ3n) is 3.25. The van der Waals surface area contributed by atoms with Crippen LogP contribution in [-0.2, 0) is 6.42 Å². The Bertz CT molecular complexity index is 517. The summed E-state index contributed by atoms with van der Waals surface area (Å²) in [5, 5.41) is 0.762. The van der Waals surface area contributed by atoms with Crippen molar-refractivity contribution in [1.82, 2.24) is 9.38 Å². The van der Waals surface area contributed by atoms with Gasteiger partial charge in [0.2, 0.25) is 0 Å². The lowest BCUT2D eigenvalue weighted by Gasteiger charge is -2.20. The maximum Gasteiger partial charge on any atom is 0.114 e. The fourth-order valence-electron chi connectivity index (χ4n) is 2.35. The quantitative estimate of drug-likeness (QED) is 0.836. The van der Waals surface area contributed by atoms with Gasteiger partial charge in [-0.1, -0.05) is 22.4 Å². The SMILES string of the molecule is Brc1ccn2c(CC3CCCCS3)ncc2c1. The van der Waals surface area contributed by atoms with Crippen molar-refractivity contribution in [3.8, 4) is 0 Å². The number of imidazole rings is 1. The molecule has 0 spiro atoms. The van der Waals surface area contributed by atoms with Crippen molar-refractivity contribution in [2.24, 2.45) is 0 Å². The summed E-state index contributed by atoms with van der Waals surface area (Å²) in [5.41, 5.74) is 1.18. The molecule has 1 aliphatic rings. The molecule has 0 amide bonds. The first-order valence-corrected chi connectivity index (χ1v) is 7.90. The molecule has 90 valence electrons. The maximum atomic E-state index is 4.56. The van der Waals surface area contributed by atoms with E-state index in [1.165, 1.54) is 36.4 Å². The van der Waals surface area contributed by atoms with Gasteiger partial charge in [-0.25, -0.2) is 4.98 Å². The molecule has 1 fully saturated rings. The van der Waals surface area contributed by atoms with Crippen molar-refractivity contribution in [2.75, 3.05) is 5.75 Å². The van der Waals surface area contributed by atoms with E-state index in [9.17, 15) is 0 Å². The second kappa shape index (κ2) is 5.02. The summed E-state index contributed by atoms with van der Waals surface area (Å²) in [7, 11) is 0. The molecule has 0 aromatic carbocycles. The summed E-state index contributed by atoms with van der Waals surface area (Å²) in [5.74, 6) is 2.52. The van der Waals surface area contributed by atoms with Crippen molar-refractivity contribution < 1.29 is 0 Å². The lowest BCUT2D eigenvalue weighted by atomic mass is 10.1. The van der Waals surface area contributed by atoms with E-state index in [0.29, 0.717) is 0 Å². The van der Waals surface area contributed by atoms with Gasteiger partial charge < -0.3 is 4.40 Å². The van der Waals surface area contributed by atoms with Crippen molar-refractivity contribution in [1.29, 1.82) is 0 Å². The van der Waals surface area contributed by atoms with Gasteiger partial charge in [-0.2, -0.15) is 11.8 Å². The normalized spacial score (nSPS) is 20.9. The minimum Gasteiger partial charge on any atom is -0.304 e. The van der Waals surface area contributed by atoms with E-state index >= 15 is 0 Å². The number of aromatic nitrogens is 2. The number of pyridine rings is 1. The summed E-state index contributed by atoms with van der Waals surface area (Å²) in [6.07, 6.45) is 9.28. The molecule has 1 atom stereocenters. The molecule has 3 heterocycles. The van der Waals surface area contributed by atoms with Crippen molar-refractivity contribution >= 4 is 33.2 Å². The fourth-order valence-corrected chi connectivity index (χ4v) is 4.01. The molecular formula is C13H15BrN2S. The third-order valence-corrected chi connectivity index (χ3v) is 5.15. The summed E-state index contributed by atoms with van der Waals surface area (Å²) in [6.45, 7) is 0. The first-order valence-electron chi connectivity index (χ1n) is 6.06. The second-order valence-corrected chi connectivity index (χ2v) is 6.83. The van der Waals surface area contributed by atoms with Crippen molar-refractivity contribution in [3.63, 3.8) is 0 Å². The molecule has 0 aliphatic carbocycles. The van der Waals surface area contributed by atoms with Crippen LogP contribution in [0.1, 0.15) is 25.1 Å². The van der Waals surface area contributed by atoms with Gasteiger partial charge in [0.05, 0.1) is 11.7 Å². The van der Waals surface area contributed by atoms with Gasteiger partial charge in [-0.15, -0.1) is 0 Å². The maximum absolute atomic E-state index is 4.56. The highest BCUT2D eigenvalue weighted by atomic mass is 79.9. The number of nitrogens with zero attached hydrogens (tertiary/aromatic N) is 2. The topological polar surface area (TPSA) is 17.3 Å². The van der Waals surface area contributed by atoms with Crippen molar-refractivity contribution in [3.05, 3.63) is 34.8 Å². The fraction of sp³-hybridized carbons (Fsp3) is 0.462. The predicted molar refractivity (Wildman–Crippen MR) is 76.7 cm³/mol. The van der Waals surface area contributed by atoms with Crippen LogP contribution in [0.3, 0.4) is 0 Å². The summed E-state index contributed by atoms with van der Waals surface area (Å²) in [4.78, 5) is 4.56. The van der Waals surface area contributed by atoms with Crippen LogP contribution in [0, 0.1) is 0 Å². The van der Waals surface area contributed by atoms with Crippen LogP contribution in [0.15, 0.2) is 29.0 Å². The van der Waals surface area contributed by atoms with Gasteiger partial charge in [0.1, 0.15) is 5.82 Å². The van der Waals surface area contributed by atoms with Crippen LogP contribution in [-0.4, -0.2) is 20.4 Å². The monoisotopic (exact) mass is 310 g/mol. The van der Waals surface area contributed by atoms with Crippen LogP contribution in [0.5, 0.6) is 0 Å². The van der Waals surface area contributed by atoms with E-state index in [1.54, 1.807) is 0 Å². The Morgan fingerprint density at radius 2 is 2.41 bits per heavy atom. The van der Waals surface area contributed by atoms with E-state index in [0.717, 1.165) is 16.1 Å². The molecule has 2 nitrogen and oxygen atoms in total. The highest BCUT2D eigenvalue weighted by Gasteiger charge is 2.16. The molecular weight excluding hydrogens is 296 g/mol. The van der Waals surface area contributed by atoms with E-state index in [1.807, 2.05) is 6.20 Å². The standard InChI is InChI=1S/C13H15BrN2S/c14-10-4-5-16-11(7-10)9-15-13(16)8-12-3-1-2-6-17-12/h4-5,7,9,12H,1-3,6,8H2. The summed E-state index contributed by atoms with van der Waals surface area (Å²) < 4.78 is 3.32. The van der Waals surface area contributed by atoms with Crippen LogP contribution in [0.4, 0.5) is 0 Å². The molecule has 3 rings (SSSR count). The van der Waals surface area contributed by atoms with E-state index in [2.05, 4.69) is 55.4 Å². The Morgan fingerprint density at radius 1 is 1.47 bits per heavy atom. The largest absolute Gasteiger partial charge is 0.304 e. The van der Waals surface area contributed by atoms with Gasteiger partial charge in [0, 0.05) is 22.3 Å². The lowest BCUT2D eigenvalue weighted by molar-refractivity contribution is 0.646. The van der Waals surface area contributed by atoms with Crippen molar-refractivity contribution in [2.45, 2.75) is 30.9 Å². The smallest absolute Gasteiger partial charge is 0.114 e. The molecule has 0 saturated carbocycles. The highest BCUT2D eigenvalue weighted by molar-refractivity contribution is 9.10. The average molecular weight is 311 g/mol. The van der Waals surface area contributed by atoms with Crippen LogP contribution in [0.25, 0.3) is 5.52 Å². The molecule has 0 bridgehead atoms. The molecule has 1 aliphatic heterocycles. The highest BCUT2D eigenvalue weighted by Crippen LogP contribution is 2.28. The average Bonchev–Trinajstić information content (AvgIpc) is 2.73. The lowest BCUT2D eigenvalue weighted by Crippen LogP contribution is -2.14. The van der Waals surface area contributed by atoms with Crippen LogP contribution < -0.4 is 0 Å². The van der Waals surface area contributed by atoms with Gasteiger partial charge in [-0.3, -0.25) is 0 Å². The van der Waals surface area contributed by atoms with Gasteiger partial charge in [-0.05, 0) is 30.7 Å². The number of hydrogen-bond acceptors (Lipinski definition) is 2. The number of fused-ring (bicyclic) bond motifs is 1. The molecule has 2 aromatic heterocycles. The first kappa shape index (κ1) is 11.6. The Balaban J connectivity index is 1.84. The number of hydrogen-bond donors (Lipinski definition) is 0. The van der Waals surface area contributed by atoms with E-state index in [-0.39, 0.29) is 0 Å². The zero-order valence-electron chi connectivity index (χ0n) is 9.60. The minimum atomic E-state index is 0.762. The Labute approximate surface area is 114 Å². The Kier molecular flexibility index (Phi) is 3.43. The predicted octanol–water partition coefficient (Wildman–Crippen LogP) is 3.93. The second-order valence-electron chi connectivity index (χ2n) is 4.51. The zero-order chi connectivity index (χ0) is 11.7. The molecule has 0 radical (unpaired) electrons. The summed E-state index contributed by atoms with van der Waals surface area (Å²) >= 11 is 5.61. The molecule has 1 saturated heterocycles. The van der Waals surface area contributed by atoms with E-state index < -0.39 is 0 Å². The zero-order valence-corrected chi connectivity index (χ0v) is 12.0. The first-order chi connectivity index (χ1) is 8.33. The minimum absolute atomic E-state index is 0.762. The number of thioether (sulfide) groups is 1. The molecule has 2 aromatic rings. The number of rotatable bonds is 2. The number of halogens is 1. The van der Waals surface area contributed by atoms with Gasteiger partial charge in [0.25, 0.3) is 0 Å². The van der Waals surface area contributed by atoms with Crippen LogP contribution in [0.2, 0.25) is 0 Å². The van der Waals surface area contributed by atoms with E-state index in [4.69, 9.17) is 0 Å². The Hall–Kier alpha value is -0.480. The Morgan fingerprint density at radius 3 is 3.24 bits per heavy atom. The molecule has 4 heteroatoms.